The third-order valence-electron chi connectivity index (χ3n) is 6.86. The predicted octanol–water partition coefficient (Wildman–Crippen LogP) is 5.11. The van der Waals surface area contributed by atoms with Crippen LogP contribution in [0.15, 0.2) is 66.7 Å². The molecule has 0 aliphatic carbocycles. The standard InChI is InChI=1S/C28H25ClN6O/c1-18-8-10-22(29)17-24(18)33-12-14-34(15-13-33)27-28-32-31-19(2)35(28)25-16-21(9-11-23(25)30-27)26(36)20-6-4-3-5-7-20/h3-11,16-17H,12-15H2,1-2H3. The molecule has 3 heterocycles. The van der Waals surface area contributed by atoms with E-state index >= 15 is 0 Å². The first-order valence-electron chi connectivity index (χ1n) is 12.0. The van der Waals surface area contributed by atoms with E-state index in [0.717, 1.165) is 53.9 Å². The Hall–Kier alpha value is -3.97. The lowest BCUT2D eigenvalue weighted by Crippen LogP contribution is -2.47. The van der Waals surface area contributed by atoms with Gasteiger partial charge in [0, 0.05) is 48.0 Å². The van der Waals surface area contributed by atoms with Gasteiger partial charge in [-0.05, 0) is 49.7 Å². The lowest BCUT2D eigenvalue weighted by Gasteiger charge is -2.37. The highest BCUT2D eigenvalue weighted by atomic mass is 35.5. The first-order chi connectivity index (χ1) is 17.5. The third kappa shape index (κ3) is 3.85. The van der Waals surface area contributed by atoms with Gasteiger partial charge in [0.1, 0.15) is 5.82 Å². The van der Waals surface area contributed by atoms with Crippen molar-refractivity contribution < 1.29 is 4.79 Å². The Bertz CT molecular complexity index is 1610. The number of hydrogen-bond donors (Lipinski definition) is 0. The summed E-state index contributed by atoms with van der Waals surface area (Å²) in [5.74, 6) is 1.55. The van der Waals surface area contributed by atoms with Gasteiger partial charge in [0.2, 0.25) is 5.65 Å². The van der Waals surface area contributed by atoms with E-state index in [1.807, 2.05) is 72.0 Å². The number of fused-ring (bicyclic) bond motifs is 3. The van der Waals surface area contributed by atoms with E-state index in [9.17, 15) is 4.79 Å². The van der Waals surface area contributed by atoms with Crippen LogP contribution in [0.1, 0.15) is 27.3 Å². The molecule has 0 saturated carbocycles. The highest BCUT2D eigenvalue weighted by Gasteiger charge is 2.24. The van der Waals surface area contributed by atoms with E-state index in [1.54, 1.807) is 0 Å². The van der Waals surface area contributed by atoms with Crippen molar-refractivity contribution in [1.82, 2.24) is 19.6 Å². The Morgan fingerprint density at radius 3 is 2.36 bits per heavy atom. The van der Waals surface area contributed by atoms with E-state index in [1.165, 1.54) is 11.3 Å². The Labute approximate surface area is 214 Å². The summed E-state index contributed by atoms with van der Waals surface area (Å²) in [7, 11) is 0. The summed E-state index contributed by atoms with van der Waals surface area (Å²) in [6, 6.07) is 21.0. The van der Waals surface area contributed by atoms with Gasteiger partial charge in [-0.1, -0.05) is 48.0 Å². The lowest BCUT2D eigenvalue weighted by atomic mass is 10.0. The molecule has 1 aliphatic heterocycles. The minimum absolute atomic E-state index is 0.0205. The highest BCUT2D eigenvalue weighted by Crippen LogP contribution is 2.29. The number of ketones is 1. The summed E-state index contributed by atoms with van der Waals surface area (Å²) in [6.45, 7) is 7.35. The monoisotopic (exact) mass is 496 g/mol. The molecule has 0 atom stereocenters. The minimum Gasteiger partial charge on any atom is -0.368 e. The van der Waals surface area contributed by atoms with Crippen LogP contribution in [0.25, 0.3) is 16.7 Å². The van der Waals surface area contributed by atoms with Crippen LogP contribution in [0, 0.1) is 13.8 Å². The van der Waals surface area contributed by atoms with Gasteiger partial charge in [-0.3, -0.25) is 9.20 Å². The minimum atomic E-state index is -0.0205. The van der Waals surface area contributed by atoms with Gasteiger partial charge in [0.05, 0.1) is 11.0 Å². The average molecular weight is 497 g/mol. The molecule has 180 valence electrons. The summed E-state index contributed by atoms with van der Waals surface area (Å²) in [6.07, 6.45) is 0. The molecular weight excluding hydrogens is 472 g/mol. The number of piperazine rings is 1. The Morgan fingerprint density at radius 1 is 0.833 bits per heavy atom. The van der Waals surface area contributed by atoms with E-state index in [2.05, 4.69) is 33.0 Å². The van der Waals surface area contributed by atoms with Crippen molar-refractivity contribution in [1.29, 1.82) is 0 Å². The third-order valence-corrected chi connectivity index (χ3v) is 7.09. The highest BCUT2D eigenvalue weighted by molar-refractivity contribution is 6.30. The van der Waals surface area contributed by atoms with Crippen LogP contribution < -0.4 is 9.80 Å². The first kappa shape index (κ1) is 22.5. The lowest BCUT2D eigenvalue weighted by molar-refractivity contribution is 0.103. The normalized spacial score (nSPS) is 14.1. The molecule has 0 bridgehead atoms. The second kappa shape index (κ2) is 8.91. The molecule has 0 amide bonds. The van der Waals surface area contributed by atoms with E-state index in [4.69, 9.17) is 16.6 Å². The van der Waals surface area contributed by atoms with Crippen molar-refractivity contribution in [2.45, 2.75) is 13.8 Å². The fourth-order valence-corrected chi connectivity index (χ4v) is 5.12. The molecule has 7 nitrogen and oxygen atoms in total. The van der Waals surface area contributed by atoms with Crippen LogP contribution >= 0.6 is 11.6 Å². The van der Waals surface area contributed by atoms with E-state index < -0.39 is 0 Å². The number of benzene rings is 3. The summed E-state index contributed by atoms with van der Waals surface area (Å²) in [4.78, 5) is 22.7. The SMILES string of the molecule is Cc1ccc(Cl)cc1N1CCN(c2nc3ccc(C(=O)c4ccccc4)cc3n3c(C)nnc23)CC1. The number of aryl methyl sites for hydroxylation is 2. The summed E-state index contributed by atoms with van der Waals surface area (Å²) < 4.78 is 2.01. The number of hydrogen-bond acceptors (Lipinski definition) is 6. The number of halogens is 1. The number of aromatic nitrogens is 4. The van der Waals surface area contributed by atoms with Crippen molar-refractivity contribution in [3.63, 3.8) is 0 Å². The molecule has 8 heteroatoms. The number of nitrogens with zero attached hydrogens (tertiary/aromatic N) is 6. The van der Waals surface area contributed by atoms with Gasteiger partial charge in [0.25, 0.3) is 0 Å². The van der Waals surface area contributed by atoms with Gasteiger partial charge in [-0.2, -0.15) is 0 Å². The zero-order chi connectivity index (χ0) is 24.8. The molecule has 2 aromatic heterocycles. The zero-order valence-electron chi connectivity index (χ0n) is 20.1. The van der Waals surface area contributed by atoms with Crippen molar-refractivity contribution in [3.8, 4) is 0 Å². The van der Waals surface area contributed by atoms with Gasteiger partial charge in [-0.25, -0.2) is 4.98 Å². The van der Waals surface area contributed by atoms with Crippen molar-refractivity contribution >= 4 is 45.6 Å². The quantitative estimate of drug-likeness (QED) is 0.322. The first-order valence-corrected chi connectivity index (χ1v) is 12.4. The molecule has 0 spiro atoms. The van der Waals surface area contributed by atoms with Gasteiger partial charge >= 0.3 is 0 Å². The average Bonchev–Trinajstić information content (AvgIpc) is 3.31. The molecule has 5 aromatic rings. The molecule has 1 fully saturated rings. The Balaban J connectivity index is 1.35. The molecule has 1 aliphatic rings. The van der Waals surface area contributed by atoms with Crippen LogP contribution in [0.2, 0.25) is 5.02 Å². The zero-order valence-corrected chi connectivity index (χ0v) is 20.9. The van der Waals surface area contributed by atoms with Crippen LogP contribution in [0.3, 0.4) is 0 Å². The topological polar surface area (TPSA) is 66.6 Å². The Kier molecular flexibility index (Phi) is 5.57. The maximum Gasteiger partial charge on any atom is 0.204 e. The fraction of sp³-hybridized carbons (Fsp3) is 0.214. The van der Waals surface area contributed by atoms with Crippen LogP contribution in [0.4, 0.5) is 11.5 Å². The van der Waals surface area contributed by atoms with E-state index in [-0.39, 0.29) is 5.78 Å². The molecule has 6 rings (SSSR count). The van der Waals surface area contributed by atoms with Gasteiger partial charge < -0.3 is 9.80 Å². The smallest absolute Gasteiger partial charge is 0.204 e. The second-order valence-corrected chi connectivity index (χ2v) is 9.58. The van der Waals surface area contributed by atoms with Crippen LogP contribution in [-0.2, 0) is 0 Å². The molecule has 0 radical (unpaired) electrons. The van der Waals surface area contributed by atoms with E-state index in [0.29, 0.717) is 16.8 Å². The molecule has 36 heavy (non-hydrogen) atoms. The molecular formula is C28H25ClN6O. The van der Waals surface area contributed by atoms with Crippen LogP contribution in [-0.4, -0.2) is 51.5 Å². The molecule has 0 unspecified atom stereocenters. The summed E-state index contributed by atoms with van der Waals surface area (Å²) in [5.41, 5.74) is 6.00. The summed E-state index contributed by atoms with van der Waals surface area (Å²) >= 11 is 6.26. The fourth-order valence-electron chi connectivity index (χ4n) is 4.95. The number of carbonyl (C=O) groups is 1. The number of rotatable bonds is 4. The maximum atomic E-state index is 13.1. The second-order valence-electron chi connectivity index (χ2n) is 9.15. The summed E-state index contributed by atoms with van der Waals surface area (Å²) in [5, 5.41) is 9.58. The number of carbonyl (C=O) groups excluding carboxylic acids is 1. The molecule has 0 N–H and O–H groups in total. The van der Waals surface area contributed by atoms with Gasteiger partial charge in [0.15, 0.2) is 11.6 Å². The Morgan fingerprint density at radius 2 is 1.58 bits per heavy atom. The van der Waals surface area contributed by atoms with Crippen molar-refractivity contribution in [2.75, 3.05) is 36.0 Å². The predicted molar refractivity (Wildman–Crippen MR) is 144 cm³/mol. The van der Waals surface area contributed by atoms with Crippen LogP contribution in [0.5, 0.6) is 0 Å². The van der Waals surface area contributed by atoms with Gasteiger partial charge in [-0.15, -0.1) is 10.2 Å². The molecule has 3 aromatic carbocycles. The largest absolute Gasteiger partial charge is 0.368 e. The van der Waals surface area contributed by atoms with Crippen molar-refractivity contribution in [2.24, 2.45) is 0 Å². The number of anilines is 2. The van der Waals surface area contributed by atoms with Crippen molar-refractivity contribution in [3.05, 3.63) is 94.3 Å². The maximum absolute atomic E-state index is 13.1. The molecule has 1 saturated heterocycles.